The van der Waals surface area contributed by atoms with Crippen molar-refractivity contribution in [3.8, 4) is 11.4 Å². The van der Waals surface area contributed by atoms with Crippen molar-refractivity contribution in [1.82, 2.24) is 14.8 Å². The van der Waals surface area contributed by atoms with Gasteiger partial charge < -0.3 is 4.57 Å². The van der Waals surface area contributed by atoms with Gasteiger partial charge in [0.15, 0.2) is 11.0 Å². The minimum absolute atomic E-state index is 0.568. The van der Waals surface area contributed by atoms with E-state index in [4.69, 9.17) is 23.2 Å². The quantitative estimate of drug-likeness (QED) is 0.380. The molecular weight excluding hydrogens is 385 g/mol. The van der Waals surface area contributed by atoms with Crippen LogP contribution in [0.15, 0.2) is 65.8 Å². The van der Waals surface area contributed by atoms with Crippen LogP contribution in [0.4, 0.5) is 0 Å². The molecule has 0 aliphatic heterocycles. The molecule has 4 rings (SSSR count). The summed E-state index contributed by atoms with van der Waals surface area (Å²) in [5.74, 6) is 1.55. The van der Waals surface area contributed by atoms with Crippen LogP contribution in [-0.2, 0) is 12.8 Å². The molecule has 3 nitrogen and oxygen atoms in total. The largest absolute Gasteiger partial charge is 0.305 e. The van der Waals surface area contributed by atoms with Gasteiger partial charge in [0, 0.05) is 23.4 Å². The van der Waals surface area contributed by atoms with Gasteiger partial charge in [-0.1, -0.05) is 77.4 Å². The van der Waals surface area contributed by atoms with Crippen molar-refractivity contribution in [3.63, 3.8) is 0 Å². The maximum atomic E-state index is 6.31. The third kappa shape index (κ3) is 3.32. The summed E-state index contributed by atoms with van der Waals surface area (Å²) < 4.78 is 1.96. The van der Waals surface area contributed by atoms with E-state index in [0.29, 0.717) is 10.0 Å². The minimum atomic E-state index is 0.568. The van der Waals surface area contributed by atoms with Crippen molar-refractivity contribution in [2.45, 2.75) is 10.9 Å². The van der Waals surface area contributed by atoms with Crippen molar-refractivity contribution in [1.29, 1.82) is 0 Å². The highest BCUT2D eigenvalue weighted by Gasteiger charge is 2.14. The smallest absolute Gasteiger partial charge is 0.191 e. The Kier molecular flexibility index (Phi) is 4.90. The number of aromatic nitrogens is 3. The zero-order valence-corrected chi connectivity index (χ0v) is 16.3. The Bertz CT molecular complexity index is 1090. The van der Waals surface area contributed by atoms with Crippen LogP contribution in [0.5, 0.6) is 0 Å². The van der Waals surface area contributed by atoms with Gasteiger partial charge in [-0.3, -0.25) is 0 Å². The molecule has 0 unspecified atom stereocenters. The van der Waals surface area contributed by atoms with Crippen LogP contribution in [-0.4, -0.2) is 14.8 Å². The first-order chi connectivity index (χ1) is 12.6. The molecule has 6 heteroatoms. The maximum Gasteiger partial charge on any atom is 0.191 e. The Morgan fingerprint density at radius 3 is 2.62 bits per heavy atom. The summed E-state index contributed by atoms with van der Waals surface area (Å²) in [5.41, 5.74) is 2.10. The number of hydrogen-bond acceptors (Lipinski definition) is 3. The molecular formula is C20H15Cl2N3S. The summed E-state index contributed by atoms with van der Waals surface area (Å²) in [4.78, 5) is 0. The zero-order chi connectivity index (χ0) is 18.1. The predicted molar refractivity (Wildman–Crippen MR) is 110 cm³/mol. The van der Waals surface area contributed by atoms with Crippen LogP contribution in [0, 0.1) is 0 Å². The van der Waals surface area contributed by atoms with Crippen LogP contribution in [0.2, 0.25) is 10.0 Å². The second kappa shape index (κ2) is 7.31. The fourth-order valence-corrected chi connectivity index (χ4v) is 4.31. The molecule has 0 amide bonds. The molecule has 3 aromatic carbocycles. The van der Waals surface area contributed by atoms with Gasteiger partial charge in [-0.25, -0.2) is 0 Å². The number of benzene rings is 3. The molecule has 0 spiro atoms. The monoisotopic (exact) mass is 399 g/mol. The van der Waals surface area contributed by atoms with E-state index in [0.717, 1.165) is 22.3 Å². The van der Waals surface area contributed by atoms with Crippen molar-refractivity contribution < 1.29 is 0 Å². The lowest BCUT2D eigenvalue weighted by atomic mass is 10.1. The Labute approximate surface area is 166 Å². The van der Waals surface area contributed by atoms with Crippen LogP contribution < -0.4 is 0 Å². The van der Waals surface area contributed by atoms with Gasteiger partial charge in [0.1, 0.15) is 0 Å². The zero-order valence-electron chi connectivity index (χ0n) is 14.0. The molecule has 0 saturated carbocycles. The van der Waals surface area contributed by atoms with Crippen molar-refractivity contribution in [2.24, 2.45) is 7.05 Å². The number of fused-ring (bicyclic) bond motifs is 1. The molecule has 0 aliphatic rings. The van der Waals surface area contributed by atoms with Crippen molar-refractivity contribution >= 4 is 45.7 Å². The summed E-state index contributed by atoms with van der Waals surface area (Å²) in [6, 6.07) is 20.2. The van der Waals surface area contributed by atoms with Crippen molar-refractivity contribution in [3.05, 3.63) is 76.3 Å². The second-order valence-electron chi connectivity index (χ2n) is 5.92. The molecule has 0 N–H and O–H groups in total. The van der Waals surface area contributed by atoms with E-state index >= 15 is 0 Å². The average molecular weight is 400 g/mol. The summed E-state index contributed by atoms with van der Waals surface area (Å²) >= 11 is 14.0. The average Bonchev–Trinajstić information content (AvgIpc) is 3.00. The third-order valence-electron chi connectivity index (χ3n) is 4.24. The topological polar surface area (TPSA) is 30.7 Å². The molecule has 0 saturated heterocycles. The van der Waals surface area contributed by atoms with Crippen molar-refractivity contribution in [2.75, 3.05) is 0 Å². The van der Waals surface area contributed by atoms with Gasteiger partial charge in [-0.2, -0.15) is 0 Å². The lowest BCUT2D eigenvalue weighted by Gasteiger charge is -2.07. The molecule has 1 heterocycles. The van der Waals surface area contributed by atoms with Crippen LogP contribution in [0.3, 0.4) is 0 Å². The number of halogens is 2. The van der Waals surface area contributed by atoms with Gasteiger partial charge >= 0.3 is 0 Å². The highest BCUT2D eigenvalue weighted by molar-refractivity contribution is 7.98. The molecule has 0 radical (unpaired) electrons. The number of thioether (sulfide) groups is 1. The predicted octanol–water partition coefficient (Wildman–Crippen LogP) is 6.23. The molecule has 1 aromatic heterocycles. The van der Waals surface area contributed by atoms with Crippen LogP contribution in [0.1, 0.15) is 5.56 Å². The Hall–Kier alpha value is -2.01. The Morgan fingerprint density at radius 2 is 1.77 bits per heavy atom. The fraction of sp³-hybridized carbons (Fsp3) is 0.100. The molecule has 0 atom stereocenters. The normalized spacial score (nSPS) is 11.2. The highest BCUT2D eigenvalue weighted by atomic mass is 35.5. The second-order valence-corrected chi connectivity index (χ2v) is 7.70. The van der Waals surface area contributed by atoms with Gasteiger partial charge in [-0.15, -0.1) is 10.2 Å². The lowest BCUT2D eigenvalue weighted by molar-refractivity contribution is 0.794. The first-order valence-electron chi connectivity index (χ1n) is 8.08. The summed E-state index contributed by atoms with van der Waals surface area (Å²) in [5, 5.41) is 13.2. The van der Waals surface area contributed by atoms with Gasteiger partial charge in [0.05, 0.1) is 5.02 Å². The maximum absolute atomic E-state index is 6.31. The van der Waals surface area contributed by atoms with Gasteiger partial charge in [-0.05, 0) is 34.5 Å². The molecule has 0 aliphatic carbocycles. The van der Waals surface area contributed by atoms with Gasteiger partial charge in [0.25, 0.3) is 0 Å². The minimum Gasteiger partial charge on any atom is -0.305 e. The van der Waals surface area contributed by atoms with E-state index in [-0.39, 0.29) is 0 Å². The Morgan fingerprint density at radius 1 is 0.962 bits per heavy atom. The van der Waals surface area contributed by atoms with Crippen LogP contribution in [0.25, 0.3) is 22.2 Å². The highest BCUT2D eigenvalue weighted by Crippen LogP contribution is 2.32. The first kappa shape index (κ1) is 17.4. The number of nitrogens with zero attached hydrogens (tertiary/aromatic N) is 3. The van der Waals surface area contributed by atoms with E-state index in [9.17, 15) is 0 Å². The van der Waals surface area contributed by atoms with E-state index in [2.05, 4.69) is 52.7 Å². The molecule has 4 aromatic rings. The lowest BCUT2D eigenvalue weighted by Crippen LogP contribution is -1.96. The molecule has 0 fully saturated rings. The molecule has 26 heavy (non-hydrogen) atoms. The molecule has 130 valence electrons. The number of rotatable bonds is 4. The fourth-order valence-electron chi connectivity index (χ4n) is 2.91. The number of hydrogen-bond donors (Lipinski definition) is 0. The summed E-state index contributed by atoms with van der Waals surface area (Å²) in [7, 11) is 1.95. The van der Waals surface area contributed by atoms with Gasteiger partial charge in [0.2, 0.25) is 0 Å². The van der Waals surface area contributed by atoms with E-state index in [1.54, 1.807) is 23.9 Å². The third-order valence-corrected chi connectivity index (χ3v) is 5.86. The Balaban J connectivity index is 1.61. The summed E-state index contributed by atoms with van der Waals surface area (Å²) in [6.45, 7) is 0. The SMILES string of the molecule is Cn1c(SCc2cccc3ccccc23)nnc1-c1ccc(Cl)cc1Cl. The van der Waals surface area contributed by atoms with E-state index in [1.807, 2.05) is 17.7 Å². The van der Waals surface area contributed by atoms with E-state index < -0.39 is 0 Å². The molecule has 0 bridgehead atoms. The first-order valence-corrected chi connectivity index (χ1v) is 9.82. The standard InChI is InChI=1S/C20H15Cl2N3S/c1-25-19(17-10-9-15(21)11-18(17)22)23-24-20(25)26-12-14-7-4-6-13-5-2-3-8-16(13)14/h2-11H,12H2,1H3. The van der Waals surface area contributed by atoms with Crippen LogP contribution >= 0.6 is 35.0 Å². The van der Waals surface area contributed by atoms with E-state index in [1.165, 1.54) is 16.3 Å². The summed E-state index contributed by atoms with van der Waals surface area (Å²) in [6.07, 6.45) is 0.